The molecule has 0 spiro atoms. The average Bonchev–Trinajstić information content (AvgIpc) is 2.17. The average molecular weight is 197 g/mol. The van der Waals surface area contributed by atoms with Crippen molar-refractivity contribution in [1.82, 2.24) is 5.32 Å². The highest BCUT2D eigenvalue weighted by molar-refractivity contribution is 5.07. The van der Waals surface area contributed by atoms with Crippen molar-refractivity contribution < 1.29 is 4.74 Å². The van der Waals surface area contributed by atoms with Gasteiger partial charge in [0.1, 0.15) is 0 Å². The summed E-state index contributed by atoms with van der Waals surface area (Å²) < 4.78 is 5.40. The zero-order valence-corrected chi connectivity index (χ0v) is 9.73. The number of ether oxygens (including phenoxy) is 1. The van der Waals surface area contributed by atoms with E-state index in [4.69, 9.17) is 4.74 Å². The lowest BCUT2D eigenvalue weighted by atomic mass is 9.98. The molecule has 0 amide bonds. The first-order valence-electron chi connectivity index (χ1n) is 5.65. The highest BCUT2D eigenvalue weighted by Crippen LogP contribution is 2.12. The molecule has 0 bridgehead atoms. The topological polar surface area (TPSA) is 21.3 Å². The first kappa shape index (κ1) is 11.7. The van der Waals surface area contributed by atoms with Crippen LogP contribution in [-0.2, 0) is 4.74 Å². The molecule has 14 heavy (non-hydrogen) atoms. The summed E-state index contributed by atoms with van der Waals surface area (Å²) in [6.07, 6.45) is 5.83. The molecule has 1 rings (SSSR count). The van der Waals surface area contributed by atoms with Gasteiger partial charge >= 0.3 is 0 Å². The molecule has 1 aliphatic rings. The largest absolute Gasteiger partial charge is 0.377 e. The Balaban J connectivity index is 2.27. The van der Waals surface area contributed by atoms with E-state index in [1.807, 2.05) is 0 Å². The van der Waals surface area contributed by atoms with Gasteiger partial charge in [-0.05, 0) is 32.3 Å². The van der Waals surface area contributed by atoms with E-state index in [1.54, 1.807) is 0 Å². The Labute approximate surface area is 87.7 Å². The molecule has 0 aliphatic carbocycles. The van der Waals surface area contributed by atoms with E-state index in [-0.39, 0.29) is 5.54 Å². The van der Waals surface area contributed by atoms with Gasteiger partial charge in [0.25, 0.3) is 0 Å². The molecule has 0 aromatic carbocycles. The third-order valence-corrected chi connectivity index (χ3v) is 2.65. The van der Waals surface area contributed by atoms with Crippen molar-refractivity contribution in [2.24, 2.45) is 0 Å². The van der Waals surface area contributed by atoms with Gasteiger partial charge in [0, 0.05) is 12.1 Å². The molecule has 0 radical (unpaired) electrons. The van der Waals surface area contributed by atoms with E-state index >= 15 is 0 Å². The molecule has 82 valence electrons. The summed E-state index contributed by atoms with van der Waals surface area (Å²) in [4.78, 5) is 0. The van der Waals surface area contributed by atoms with Crippen LogP contribution in [0.25, 0.3) is 0 Å². The van der Waals surface area contributed by atoms with Gasteiger partial charge < -0.3 is 10.1 Å². The third kappa shape index (κ3) is 4.25. The fourth-order valence-electron chi connectivity index (χ4n) is 1.80. The van der Waals surface area contributed by atoms with Gasteiger partial charge in [-0.3, -0.25) is 0 Å². The summed E-state index contributed by atoms with van der Waals surface area (Å²) in [6, 6.07) is 0. The van der Waals surface area contributed by atoms with Crippen molar-refractivity contribution in [3.8, 4) is 0 Å². The van der Waals surface area contributed by atoms with Gasteiger partial charge in [-0.15, -0.1) is 0 Å². The Hall–Kier alpha value is -0.340. The zero-order chi connectivity index (χ0) is 10.4. The summed E-state index contributed by atoms with van der Waals surface area (Å²) in [6.45, 7) is 9.44. The molecular formula is C12H23NO. The van der Waals surface area contributed by atoms with Gasteiger partial charge in [-0.25, -0.2) is 0 Å². The highest BCUT2D eigenvalue weighted by atomic mass is 16.5. The molecule has 1 aliphatic heterocycles. The Kier molecular flexibility index (Phi) is 4.63. The van der Waals surface area contributed by atoms with Crippen molar-refractivity contribution in [3.63, 3.8) is 0 Å². The predicted octanol–water partition coefficient (Wildman–Crippen LogP) is 2.50. The molecule has 0 unspecified atom stereocenters. The van der Waals surface area contributed by atoms with Crippen molar-refractivity contribution in [2.45, 2.75) is 45.6 Å². The number of hydrogen-bond acceptors (Lipinski definition) is 2. The van der Waals surface area contributed by atoms with Crippen LogP contribution in [-0.4, -0.2) is 25.3 Å². The molecule has 0 aromatic rings. The standard InChI is InChI=1S/C12H23NO/c1-4-7-12(2,3)13-9-11-6-5-8-14-10-11/h6,13H,4-5,7-10H2,1-3H3. The second kappa shape index (κ2) is 5.52. The van der Waals surface area contributed by atoms with Crippen LogP contribution >= 0.6 is 0 Å². The lowest BCUT2D eigenvalue weighted by molar-refractivity contribution is 0.147. The first-order valence-corrected chi connectivity index (χ1v) is 5.65. The molecule has 0 atom stereocenters. The Morgan fingerprint density at radius 1 is 1.50 bits per heavy atom. The summed E-state index contributed by atoms with van der Waals surface area (Å²) in [7, 11) is 0. The first-order chi connectivity index (χ1) is 6.64. The Bertz CT molecular complexity index is 196. The number of rotatable bonds is 5. The molecule has 0 saturated heterocycles. The van der Waals surface area contributed by atoms with Crippen molar-refractivity contribution in [3.05, 3.63) is 11.6 Å². The molecule has 2 nitrogen and oxygen atoms in total. The minimum atomic E-state index is 0.257. The van der Waals surface area contributed by atoms with Crippen LogP contribution in [0, 0.1) is 0 Å². The van der Waals surface area contributed by atoms with E-state index in [2.05, 4.69) is 32.2 Å². The van der Waals surface area contributed by atoms with Gasteiger partial charge in [-0.1, -0.05) is 19.4 Å². The zero-order valence-electron chi connectivity index (χ0n) is 9.73. The third-order valence-electron chi connectivity index (χ3n) is 2.65. The van der Waals surface area contributed by atoms with Crippen LogP contribution in [0.1, 0.15) is 40.0 Å². The quantitative estimate of drug-likeness (QED) is 0.684. The lowest BCUT2D eigenvalue weighted by Crippen LogP contribution is -2.40. The van der Waals surface area contributed by atoms with Crippen molar-refractivity contribution in [1.29, 1.82) is 0 Å². The Morgan fingerprint density at radius 3 is 2.86 bits per heavy atom. The summed E-state index contributed by atoms with van der Waals surface area (Å²) >= 11 is 0. The van der Waals surface area contributed by atoms with Crippen molar-refractivity contribution in [2.75, 3.05) is 19.8 Å². The van der Waals surface area contributed by atoms with Gasteiger partial charge in [0.15, 0.2) is 0 Å². The molecule has 0 saturated carbocycles. The second-order valence-electron chi connectivity index (χ2n) is 4.69. The highest BCUT2D eigenvalue weighted by Gasteiger charge is 2.16. The normalized spacial score (nSPS) is 18.1. The van der Waals surface area contributed by atoms with Gasteiger partial charge in [0.2, 0.25) is 0 Å². The lowest BCUT2D eigenvalue weighted by Gasteiger charge is -2.27. The van der Waals surface area contributed by atoms with E-state index in [0.717, 1.165) is 26.2 Å². The maximum atomic E-state index is 5.40. The summed E-state index contributed by atoms with van der Waals surface area (Å²) in [5, 5.41) is 3.58. The SMILES string of the molecule is CCCC(C)(C)NCC1=CCCOC1. The molecule has 1 heterocycles. The smallest absolute Gasteiger partial charge is 0.0689 e. The maximum Gasteiger partial charge on any atom is 0.0689 e. The van der Waals surface area contributed by atoms with Crippen LogP contribution in [0.4, 0.5) is 0 Å². The minimum Gasteiger partial charge on any atom is -0.377 e. The summed E-state index contributed by atoms with van der Waals surface area (Å²) in [5.74, 6) is 0. The fraction of sp³-hybridized carbons (Fsp3) is 0.833. The van der Waals surface area contributed by atoms with E-state index in [0.29, 0.717) is 0 Å². The van der Waals surface area contributed by atoms with E-state index in [9.17, 15) is 0 Å². The molecular weight excluding hydrogens is 174 g/mol. The molecule has 2 heteroatoms. The predicted molar refractivity (Wildman–Crippen MR) is 60.5 cm³/mol. The van der Waals surface area contributed by atoms with Crippen LogP contribution in [0.5, 0.6) is 0 Å². The Morgan fingerprint density at radius 2 is 2.29 bits per heavy atom. The van der Waals surface area contributed by atoms with Gasteiger partial charge in [-0.2, -0.15) is 0 Å². The van der Waals surface area contributed by atoms with Crippen LogP contribution in [0.15, 0.2) is 11.6 Å². The maximum absolute atomic E-state index is 5.40. The van der Waals surface area contributed by atoms with Gasteiger partial charge in [0.05, 0.1) is 13.2 Å². The minimum absolute atomic E-state index is 0.257. The van der Waals surface area contributed by atoms with Crippen LogP contribution in [0.2, 0.25) is 0 Å². The number of nitrogens with one attached hydrogen (secondary N) is 1. The fourth-order valence-corrected chi connectivity index (χ4v) is 1.80. The second-order valence-corrected chi connectivity index (χ2v) is 4.69. The van der Waals surface area contributed by atoms with Crippen LogP contribution < -0.4 is 5.32 Å². The molecule has 0 fully saturated rings. The van der Waals surface area contributed by atoms with E-state index in [1.165, 1.54) is 18.4 Å². The number of hydrogen-bond donors (Lipinski definition) is 1. The molecule has 1 N–H and O–H groups in total. The molecule has 0 aromatic heterocycles. The van der Waals surface area contributed by atoms with E-state index < -0.39 is 0 Å². The van der Waals surface area contributed by atoms with Crippen LogP contribution in [0.3, 0.4) is 0 Å². The monoisotopic (exact) mass is 197 g/mol. The van der Waals surface area contributed by atoms with Crippen molar-refractivity contribution >= 4 is 0 Å². The summed E-state index contributed by atoms with van der Waals surface area (Å²) in [5.41, 5.74) is 1.66.